The molecule has 16 heavy (non-hydrogen) atoms. The van der Waals surface area contributed by atoms with Gasteiger partial charge in [0.1, 0.15) is 5.78 Å². The Morgan fingerprint density at radius 1 is 1.56 bits per heavy atom. The van der Waals surface area contributed by atoms with E-state index >= 15 is 0 Å². The van der Waals surface area contributed by atoms with Crippen LogP contribution in [0, 0.1) is 5.92 Å². The number of ketones is 1. The number of carbonyl (C=O) groups is 1. The van der Waals surface area contributed by atoms with E-state index in [-0.39, 0.29) is 5.78 Å². The van der Waals surface area contributed by atoms with E-state index in [0.29, 0.717) is 12.3 Å². The molecule has 0 amide bonds. The molecular weight excluding hydrogens is 224 g/mol. The predicted octanol–water partition coefficient (Wildman–Crippen LogP) is 2.79. The number of Topliss-reactive ketones (excluding diaryl/α,β-unsaturated/α-hetero) is 1. The third kappa shape index (κ3) is 3.08. The molecule has 0 radical (unpaired) electrons. The van der Waals surface area contributed by atoms with Gasteiger partial charge >= 0.3 is 0 Å². The van der Waals surface area contributed by atoms with E-state index in [2.05, 4.69) is 12.0 Å². The molecule has 1 unspecified atom stereocenters. The van der Waals surface area contributed by atoms with Crippen LogP contribution in [0.15, 0.2) is 0 Å². The minimum atomic E-state index is 0.224. The Morgan fingerprint density at radius 3 is 2.62 bits per heavy atom. The van der Waals surface area contributed by atoms with Crippen molar-refractivity contribution in [2.24, 2.45) is 13.0 Å². The number of aryl methyl sites for hydroxylation is 2. The highest BCUT2D eigenvalue weighted by molar-refractivity contribution is 6.31. The Balaban J connectivity index is 2.80. The van der Waals surface area contributed by atoms with E-state index in [0.717, 1.165) is 29.3 Å². The first-order valence-electron chi connectivity index (χ1n) is 5.65. The zero-order chi connectivity index (χ0) is 12.3. The monoisotopic (exact) mass is 242 g/mol. The van der Waals surface area contributed by atoms with E-state index in [1.54, 1.807) is 6.92 Å². The molecule has 0 N–H and O–H groups in total. The topological polar surface area (TPSA) is 34.9 Å². The molecule has 0 bridgehead atoms. The van der Waals surface area contributed by atoms with E-state index < -0.39 is 0 Å². The molecule has 0 aliphatic rings. The lowest BCUT2D eigenvalue weighted by molar-refractivity contribution is -0.117. The van der Waals surface area contributed by atoms with Crippen LogP contribution in [0.4, 0.5) is 0 Å². The molecule has 1 rings (SSSR count). The maximum atomic E-state index is 11.0. The van der Waals surface area contributed by atoms with Crippen LogP contribution in [0.5, 0.6) is 0 Å². The summed E-state index contributed by atoms with van der Waals surface area (Å²) in [5.41, 5.74) is 1.97. The SMILES string of the molecule is CCc1nn(C)c(CC(C)CC(C)=O)c1Cl. The van der Waals surface area contributed by atoms with Crippen molar-refractivity contribution in [3.05, 3.63) is 16.4 Å². The number of hydrogen-bond acceptors (Lipinski definition) is 2. The van der Waals surface area contributed by atoms with Gasteiger partial charge in [0, 0.05) is 13.5 Å². The van der Waals surface area contributed by atoms with Gasteiger partial charge in [0.2, 0.25) is 0 Å². The second-order valence-electron chi connectivity index (χ2n) is 4.40. The van der Waals surface area contributed by atoms with Crippen molar-refractivity contribution < 1.29 is 4.79 Å². The van der Waals surface area contributed by atoms with Gasteiger partial charge in [-0.1, -0.05) is 25.4 Å². The van der Waals surface area contributed by atoms with Gasteiger partial charge in [-0.25, -0.2) is 0 Å². The lowest BCUT2D eigenvalue weighted by Crippen LogP contribution is -2.08. The van der Waals surface area contributed by atoms with E-state index in [4.69, 9.17) is 11.6 Å². The second-order valence-corrected chi connectivity index (χ2v) is 4.78. The number of rotatable bonds is 5. The smallest absolute Gasteiger partial charge is 0.130 e. The minimum absolute atomic E-state index is 0.224. The average Bonchev–Trinajstić information content (AvgIpc) is 2.44. The number of nitrogens with zero attached hydrogens (tertiary/aromatic N) is 2. The van der Waals surface area contributed by atoms with Crippen LogP contribution < -0.4 is 0 Å². The first-order valence-corrected chi connectivity index (χ1v) is 6.03. The molecule has 0 saturated carbocycles. The summed E-state index contributed by atoms with van der Waals surface area (Å²) in [5, 5.41) is 5.12. The Morgan fingerprint density at radius 2 is 2.19 bits per heavy atom. The molecular formula is C12H19ClN2O. The summed E-state index contributed by atoms with van der Waals surface area (Å²) in [5.74, 6) is 0.539. The van der Waals surface area contributed by atoms with Crippen molar-refractivity contribution in [3.63, 3.8) is 0 Å². The molecule has 0 spiro atoms. The first-order chi connectivity index (χ1) is 7.45. The number of aromatic nitrogens is 2. The molecule has 0 aliphatic carbocycles. The van der Waals surface area contributed by atoms with Crippen molar-refractivity contribution >= 4 is 17.4 Å². The van der Waals surface area contributed by atoms with Gasteiger partial charge in [-0.15, -0.1) is 0 Å². The quantitative estimate of drug-likeness (QED) is 0.796. The molecule has 0 aliphatic heterocycles. The standard InChI is InChI=1S/C12H19ClN2O/c1-5-10-12(13)11(15(4)14-10)7-8(2)6-9(3)16/h8H,5-7H2,1-4H3. The summed E-state index contributed by atoms with van der Waals surface area (Å²) < 4.78 is 1.83. The Labute approximate surface area is 102 Å². The van der Waals surface area contributed by atoms with Gasteiger partial charge in [-0.2, -0.15) is 5.10 Å². The van der Waals surface area contributed by atoms with Gasteiger partial charge in [-0.05, 0) is 25.7 Å². The molecule has 0 fully saturated rings. The molecule has 3 nitrogen and oxygen atoms in total. The van der Waals surface area contributed by atoms with Crippen molar-refractivity contribution in [1.82, 2.24) is 9.78 Å². The van der Waals surface area contributed by atoms with Crippen molar-refractivity contribution in [1.29, 1.82) is 0 Å². The first kappa shape index (κ1) is 13.2. The van der Waals surface area contributed by atoms with Crippen molar-refractivity contribution in [2.75, 3.05) is 0 Å². The van der Waals surface area contributed by atoms with Gasteiger partial charge in [0.25, 0.3) is 0 Å². The fourth-order valence-corrected chi connectivity index (χ4v) is 2.31. The van der Waals surface area contributed by atoms with Crippen LogP contribution in [-0.2, 0) is 24.7 Å². The summed E-state index contributed by atoms with van der Waals surface area (Å²) in [6.45, 7) is 5.73. The van der Waals surface area contributed by atoms with Gasteiger partial charge in [0.05, 0.1) is 16.4 Å². The third-order valence-electron chi connectivity index (χ3n) is 2.68. The highest BCUT2D eigenvalue weighted by Crippen LogP contribution is 2.24. The molecule has 1 heterocycles. The number of halogens is 1. The van der Waals surface area contributed by atoms with Crippen molar-refractivity contribution in [3.8, 4) is 0 Å². The molecule has 1 aromatic heterocycles. The molecule has 4 heteroatoms. The normalized spacial score (nSPS) is 12.8. The van der Waals surface area contributed by atoms with Crippen LogP contribution in [0.25, 0.3) is 0 Å². The van der Waals surface area contributed by atoms with E-state index in [1.165, 1.54) is 0 Å². The van der Waals surface area contributed by atoms with Gasteiger partial charge < -0.3 is 4.79 Å². The highest BCUT2D eigenvalue weighted by Gasteiger charge is 2.16. The van der Waals surface area contributed by atoms with Crippen LogP contribution in [0.2, 0.25) is 5.02 Å². The predicted molar refractivity (Wildman–Crippen MR) is 65.8 cm³/mol. The Bertz CT molecular complexity index is 385. The maximum Gasteiger partial charge on any atom is 0.130 e. The van der Waals surface area contributed by atoms with Crippen LogP contribution in [0.1, 0.15) is 38.6 Å². The summed E-state index contributed by atoms with van der Waals surface area (Å²) in [7, 11) is 1.90. The number of hydrogen-bond donors (Lipinski definition) is 0. The zero-order valence-corrected chi connectivity index (χ0v) is 11.1. The minimum Gasteiger partial charge on any atom is -0.300 e. The molecule has 1 aromatic rings. The molecule has 90 valence electrons. The highest BCUT2D eigenvalue weighted by atomic mass is 35.5. The molecule has 1 atom stereocenters. The van der Waals surface area contributed by atoms with Gasteiger partial charge in [-0.3, -0.25) is 4.68 Å². The fraction of sp³-hybridized carbons (Fsp3) is 0.667. The molecule has 0 saturated heterocycles. The third-order valence-corrected chi connectivity index (χ3v) is 3.12. The second kappa shape index (κ2) is 5.48. The zero-order valence-electron chi connectivity index (χ0n) is 10.4. The molecule has 0 aromatic carbocycles. The van der Waals surface area contributed by atoms with Crippen LogP contribution in [0.3, 0.4) is 0 Å². The lowest BCUT2D eigenvalue weighted by atomic mass is 9.99. The summed E-state index contributed by atoms with van der Waals surface area (Å²) in [6.07, 6.45) is 2.25. The van der Waals surface area contributed by atoms with E-state index in [1.807, 2.05) is 18.7 Å². The number of carbonyl (C=O) groups excluding carboxylic acids is 1. The fourth-order valence-electron chi connectivity index (χ4n) is 1.93. The largest absolute Gasteiger partial charge is 0.300 e. The Kier molecular flexibility index (Phi) is 4.54. The van der Waals surface area contributed by atoms with Gasteiger partial charge in [0.15, 0.2) is 0 Å². The van der Waals surface area contributed by atoms with Crippen LogP contribution >= 0.6 is 11.6 Å². The van der Waals surface area contributed by atoms with Crippen LogP contribution in [-0.4, -0.2) is 15.6 Å². The van der Waals surface area contributed by atoms with Crippen molar-refractivity contribution in [2.45, 2.75) is 40.0 Å². The summed E-state index contributed by atoms with van der Waals surface area (Å²) in [4.78, 5) is 11.0. The summed E-state index contributed by atoms with van der Waals surface area (Å²) >= 11 is 6.24. The summed E-state index contributed by atoms with van der Waals surface area (Å²) in [6, 6.07) is 0. The lowest BCUT2D eigenvalue weighted by Gasteiger charge is -2.09. The average molecular weight is 243 g/mol. The van der Waals surface area contributed by atoms with E-state index in [9.17, 15) is 4.79 Å². The maximum absolute atomic E-state index is 11.0. The Hall–Kier alpha value is -0.830.